The summed E-state index contributed by atoms with van der Waals surface area (Å²) in [5.74, 6) is -0.160. The van der Waals surface area contributed by atoms with E-state index in [1.807, 2.05) is 18.2 Å². The third-order valence-electron chi connectivity index (χ3n) is 6.15. The number of carbonyl (C=O) groups is 1. The Morgan fingerprint density at radius 3 is 2.69 bits per heavy atom. The molecule has 1 spiro atoms. The lowest BCUT2D eigenvalue weighted by Crippen LogP contribution is -2.37. The lowest BCUT2D eigenvalue weighted by molar-refractivity contribution is -0.192. The molecule has 1 heterocycles. The molecule has 1 aromatic rings. The lowest BCUT2D eigenvalue weighted by atomic mass is 9.91. The Hall–Kier alpha value is -1.23. The van der Waals surface area contributed by atoms with Gasteiger partial charge in [0.1, 0.15) is 5.78 Å². The quantitative estimate of drug-likeness (QED) is 0.748. The van der Waals surface area contributed by atoms with Gasteiger partial charge in [0.25, 0.3) is 0 Å². The number of benzene rings is 1. The van der Waals surface area contributed by atoms with Crippen molar-refractivity contribution in [2.75, 3.05) is 6.61 Å². The molecule has 3 atom stereocenters. The molecule has 0 unspecified atom stereocenters. The van der Waals surface area contributed by atoms with Crippen molar-refractivity contribution in [1.82, 2.24) is 0 Å². The molecular weight excluding hydrogens is 328 g/mol. The van der Waals surface area contributed by atoms with Crippen LogP contribution in [-0.2, 0) is 25.6 Å². The van der Waals surface area contributed by atoms with Gasteiger partial charge in [-0.2, -0.15) is 0 Å². The van der Waals surface area contributed by atoms with E-state index in [0.717, 1.165) is 44.9 Å². The first-order valence-electron chi connectivity index (χ1n) is 10.2. The predicted molar refractivity (Wildman–Crippen MR) is 98.6 cm³/mol. The van der Waals surface area contributed by atoms with E-state index in [1.165, 1.54) is 12.0 Å². The van der Waals surface area contributed by atoms with Gasteiger partial charge in [0.05, 0.1) is 25.4 Å². The van der Waals surface area contributed by atoms with Crippen LogP contribution in [0.3, 0.4) is 0 Å². The van der Waals surface area contributed by atoms with Crippen molar-refractivity contribution in [2.45, 2.75) is 82.4 Å². The first kappa shape index (κ1) is 18.1. The number of hydrogen-bond donors (Lipinski definition) is 0. The molecule has 3 aliphatic rings. The van der Waals surface area contributed by atoms with Crippen LogP contribution in [0, 0.1) is 5.92 Å². The molecule has 0 amide bonds. The van der Waals surface area contributed by atoms with Gasteiger partial charge in [-0.3, -0.25) is 4.79 Å². The molecule has 4 nitrogen and oxygen atoms in total. The minimum atomic E-state index is -0.407. The number of hydrogen-bond acceptors (Lipinski definition) is 4. The monoisotopic (exact) mass is 358 g/mol. The molecule has 4 heteroatoms. The van der Waals surface area contributed by atoms with Crippen LogP contribution in [0.4, 0.5) is 0 Å². The minimum Gasteiger partial charge on any atom is -0.374 e. The maximum atomic E-state index is 12.7. The zero-order valence-corrected chi connectivity index (χ0v) is 15.5. The molecule has 1 saturated heterocycles. The molecule has 0 N–H and O–H groups in total. The Labute approximate surface area is 156 Å². The summed E-state index contributed by atoms with van der Waals surface area (Å²) >= 11 is 0. The number of Topliss-reactive ketones (excluding diaryl/α,β-unsaturated/α-hetero) is 1. The van der Waals surface area contributed by atoms with Crippen LogP contribution in [0.25, 0.3) is 0 Å². The van der Waals surface area contributed by atoms with Gasteiger partial charge in [-0.15, -0.1) is 0 Å². The van der Waals surface area contributed by atoms with Gasteiger partial charge < -0.3 is 14.2 Å². The molecule has 3 fully saturated rings. The average molecular weight is 358 g/mol. The normalized spacial score (nSPS) is 31.8. The van der Waals surface area contributed by atoms with Crippen LogP contribution in [0.2, 0.25) is 0 Å². The first-order valence-corrected chi connectivity index (χ1v) is 10.2. The predicted octanol–water partition coefficient (Wildman–Crippen LogP) is 4.41. The zero-order valence-electron chi connectivity index (χ0n) is 15.5. The van der Waals surface area contributed by atoms with E-state index in [4.69, 9.17) is 14.2 Å². The molecule has 2 aliphatic carbocycles. The van der Waals surface area contributed by atoms with Crippen molar-refractivity contribution in [2.24, 2.45) is 5.92 Å². The summed E-state index contributed by atoms with van der Waals surface area (Å²) in [7, 11) is 0. The Bertz CT molecular complexity index is 593. The van der Waals surface area contributed by atoms with Crippen LogP contribution in [-0.4, -0.2) is 30.4 Å². The summed E-state index contributed by atoms with van der Waals surface area (Å²) in [4.78, 5) is 12.7. The number of ketones is 1. The van der Waals surface area contributed by atoms with Gasteiger partial charge in [-0.25, -0.2) is 0 Å². The van der Waals surface area contributed by atoms with E-state index in [1.54, 1.807) is 0 Å². The zero-order chi connectivity index (χ0) is 17.8. The van der Waals surface area contributed by atoms with Crippen LogP contribution >= 0.6 is 0 Å². The van der Waals surface area contributed by atoms with E-state index in [9.17, 15) is 4.79 Å². The highest BCUT2D eigenvalue weighted by atomic mass is 16.7. The maximum Gasteiger partial charge on any atom is 0.168 e. The molecule has 0 bridgehead atoms. The summed E-state index contributed by atoms with van der Waals surface area (Å²) in [6, 6.07) is 10.2. The molecule has 0 radical (unpaired) electrons. The summed E-state index contributed by atoms with van der Waals surface area (Å²) in [5.41, 5.74) is 1.18. The molecule has 1 aromatic carbocycles. The Morgan fingerprint density at radius 2 is 1.88 bits per heavy atom. The Balaban J connectivity index is 1.37. The fourth-order valence-electron chi connectivity index (χ4n) is 4.65. The number of rotatable bonds is 4. The SMILES string of the molecule is O=C1CCC[C@H](OCc2ccccc2)C[C@@H]1[C@H]1COC2(CCCCC2)O1. The largest absolute Gasteiger partial charge is 0.374 e. The van der Waals surface area contributed by atoms with Crippen molar-refractivity contribution in [3.8, 4) is 0 Å². The summed E-state index contributed by atoms with van der Waals surface area (Å²) < 4.78 is 18.6. The van der Waals surface area contributed by atoms with Crippen LogP contribution < -0.4 is 0 Å². The Morgan fingerprint density at radius 1 is 1.08 bits per heavy atom. The second-order valence-electron chi connectivity index (χ2n) is 8.06. The highest BCUT2D eigenvalue weighted by Crippen LogP contribution is 2.41. The second kappa shape index (κ2) is 8.20. The van der Waals surface area contributed by atoms with E-state index >= 15 is 0 Å². The van der Waals surface area contributed by atoms with Crippen molar-refractivity contribution in [1.29, 1.82) is 0 Å². The lowest BCUT2D eigenvalue weighted by Gasteiger charge is -2.32. The van der Waals surface area contributed by atoms with Crippen molar-refractivity contribution in [3.05, 3.63) is 35.9 Å². The molecule has 26 heavy (non-hydrogen) atoms. The third-order valence-corrected chi connectivity index (χ3v) is 6.15. The topological polar surface area (TPSA) is 44.8 Å². The average Bonchev–Trinajstić information content (AvgIpc) is 2.97. The smallest absolute Gasteiger partial charge is 0.168 e. The van der Waals surface area contributed by atoms with Gasteiger partial charge in [0, 0.05) is 25.2 Å². The van der Waals surface area contributed by atoms with E-state index in [-0.39, 0.29) is 18.1 Å². The van der Waals surface area contributed by atoms with Crippen molar-refractivity contribution < 1.29 is 19.0 Å². The molecule has 4 rings (SSSR count). The second-order valence-corrected chi connectivity index (χ2v) is 8.06. The molecular formula is C22H30O4. The van der Waals surface area contributed by atoms with Gasteiger partial charge in [0.15, 0.2) is 5.79 Å². The maximum absolute atomic E-state index is 12.7. The number of ether oxygens (including phenoxy) is 3. The van der Waals surface area contributed by atoms with Gasteiger partial charge in [-0.05, 0) is 37.7 Å². The fourth-order valence-corrected chi connectivity index (χ4v) is 4.65. The van der Waals surface area contributed by atoms with Gasteiger partial charge in [-0.1, -0.05) is 36.8 Å². The van der Waals surface area contributed by atoms with Crippen molar-refractivity contribution >= 4 is 5.78 Å². The van der Waals surface area contributed by atoms with E-state index in [0.29, 0.717) is 25.4 Å². The van der Waals surface area contributed by atoms with Gasteiger partial charge in [0.2, 0.25) is 0 Å². The summed E-state index contributed by atoms with van der Waals surface area (Å²) in [5, 5.41) is 0. The minimum absolute atomic E-state index is 0.0837. The van der Waals surface area contributed by atoms with E-state index in [2.05, 4.69) is 12.1 Å². The van der Waals surface area contributed by atoms with Crippen LogP contribution in [0.5, 0.6) is 0 Å². The molecule has 2 saturated carbocycles. The van der Waals surface area contributed by atoms with Crippen LogP contribution in [0.1, 0.15) is 63.4 Å². The third kappa shape index (κ3) is 4.19. The molecule has 142 valence electrons. The molecule has 1 aliphatic heterocycles. The van der Waals surface area contributed by atoms with Crippen LogP contribution in [0.15, 0.2) is 30.3 Å². The van der Waals surface area contributed by atoms with Crippen molar-refractivity contribution in [3.63, 3.8) is 0 Å². The molecule has 0 aromatic heterocycles. The highest BCUT2D eigenvalue weighted by molar-refractivity contribution is 5.82. The number of carbonyl (C=O) groups excluding carboxylic acids is 1. The Kier molecular flexibility index (Phi) is 5.72. The summed E-state index contributed by atoms with van der Waals surface area (Å²) in [6.07, 6.45) is 8.81. The van der Waals surface area contributed by atoms with E-state index < -0.39 is 5.79 Å². The fraction of sp³-hybridized carbons (Fsp3) is 0.682. The van der Waals surface area contributed by atoms with Gasteiger partial charge >= 0.3 is 0 Å². The summed E-state index contributed by atoms with van der Waals surface area (Å²) in [6.45, 7) is 1.17. The first-order chi connectivity index (χ1) is 12.7. The highest BCUT2D eigenvalue weighted by Gasteiger charge is 2.47. The standard InChI is InChI=1S/C22H30O4/c23-20-11-7-10-18(24-15-17-8-3-1-4-9-17)14-19(20)21-16-25-22(26-21)12-5-2-6-13-22/h1,3-4,8-9,18-19,21H,2,5-7,10-16H2/t18-,19-,21+/m0/s1.